The van der Waals surface area contributed by atoms with Gasteiger partial charge in [-0.15, -0.1) is 0 Å². The number of anilines is 1. The van der Waals surface area contributed by atoms with Gasteiger partial charge in [-0.3, -0.25) is 14.2 Å². The number of aromatic amines is 1. The van der Waals surface area contributed by atoms with E-state index in [1.807, 2.05) is 44.2 Å². The first-order valence-electron chi connectivity index (χ1n) is 9.01. The molecule has 0 saturated heterocycles. The van der Waals surface area contributed by atoms with Crippen LogP contribution in [-0.2, 0) is 11.3 Å². The maximum Gasteiger partial charge on any atom is 0.278 e. The van der Waals surface area contributed by atoms with Crippen LogP contribution < -0.4 is 10.9 Å². The Morgan fingerprint density at radius 2 is 2.00 bits per heavy atom. The van der Waals surface area contributed by atoms with Gasteiger partial charge in [-0.25, -0.2) is 4.98 Å². The molecule has 0 radical (unpaired) electrons. The highest BCUT2D eigenvalue weighted by molar-refractivity contribution is 7.99. The zero-order valence-electron chi connectivity index (χ0n) is 16.0. The van der Waals surface area contributed by atoms with E-state index in [1.165, 1.54) is 17.3 Å². The number of hydrogen-bond acceptors (Lipinski definition) is 4. The van der Waals surface area contributed by atoms with Crippen molar-refractivity contribution in [2.24, 2.45) is 0 Å². The molecule has 0 aliphatic heterocycles. The molecule has 0 unspecified atom stereocenters. The minimum atomic E-state index is -0.125. The Bertz CT molecular complexity index is 1020. The number of nitrogens with zero attached hydrogens (tertiary/aromatic N) is 2. The average Bonchev–Trinajstić information content (AvgIpc) is 3.01. The largest absolute Gasteiger partial charge is 0.353 e. The summed E-state index contributed by atoms with van der Waals surface area (Å²) in [5.74, 6) is 0.515. The molecule has 3 rings (SSSR count). The number of aromatic nitrogens is 3. The maximum absolute atomic E-state index is 12.6. The Hall–Kier alpha value is -2.54. The second-order valence-electron chi connectivity index (χ2n) is 6.77. The lowest BCUT2D eigenvalue weighted by atomic mass is 10.0. The minimum absolute atomic E-state index is 0.109. The lowest BCUT2D eigenvalue weighted by molar-refractivity contribution is -0.113. The average molecular weight is 385 g/mol. The monoisotopic (exact) mass is 384 g/mol. The van der Waals surface area contributed by atoms with Gasteiger partial charge in [0.25, 0.3) is 5.56 Å². The molecule has 7 heteroatoms. The Kier molecular flexibility index (Phi) is 5.70. The van der Waals surface area contributed by atoms with E-state index < -0.39 is 0 Å². The van der Waals surface area contributed by atoms with E-state index in [-0.39, 0.29) is 17.2 Å². The highest BCUT2D eigenvalue weighted by atomic mass is 32.2. The molecule has 2 N–H and O–H groups in total. The van der Waals surface area contributed by atoms with Gasteiger partial charge in [0, 0.05) is 17.9 Å². The number of amides is 1. The number of rotatable bonds is 6. The van der Waals surface area contributed by atoms with Gasteiger partial charge in [-0.05, 0) is 43.5 Å². The van der Waals surface area contributed by atoms with Crippen molar-refractivity contribution in [3.63, 3.8) is 0 Å². The van der Waals surface area contributed by atoms with Crippen LogP contribution in [0.1, 0.15) is 37.9 Å². The van der Waals surface area contributed by atoms with Crippen LogP contribution in [0.5, 0.6) is 0 Å². The number of thioether (sulfide) groups is 1. The van der Waals surface area contributed by atoms with Gasteiger partial charge in [0.1, 0.15) is 5.52 Å². The molecular weight excluding hydrogens is 360 g/mol. The molecule has 0 aliphatic carbocycles. The zero-order chi connectivity index (χ0) is 19.6. The van der Waals surface area contributed by atoms with Gasteiger partial charge in [-0.2, -0.15) is 0 Å². The van der Waals surface area contributed by atoms with Crippen LogP contribution in [-0.4, -0.2) is 26.2 Å². The van der Waals surface area contributed by atoms with E-state index >= 15 is 0 Å². The lowest BCUT2D eigenvalue weighted by Crippen LogP contribution is -2.23. The van der Waals surface area contributed by atoms with E-state index in [0.717, 1.165) is 11.4 Å². The third kappa shape index (κ3) is 4.24. The van der Waals surface area contributed by atoms with E-state index in [4.69, 9.17) is 0 Å². The molecule has 2 heterocycles. The normalized spacial score (nSPS) is 11.3. The minimum Gasteiger partial charge on any atom is -0.353 e. The molecule has 3 aromatic rings. The molecule has 0 aliphatic rings. The number of hydrogen-bond donors (Lipinski definition) is 2. The molecule has 0 atom stereocenters. The summed E-state index contributed by atoms with van der Waals surface area (Å²) in [6, 6.07) is 9.70. The van der Waals surface area contributed by atoms with Gasteiger partial charge in [0.05, 0.1) is 11.3 Å². The number of H-pyrrole nitrogens is 1. The van der Waals surface area contributed by atoms with Crippen LogP contribution >= 0.6 is 11.8 Å². The van der Waals surface area contributed by atoms with Crippen LogP contribution in [0.15, 0.2) is 40.3 Å². The second kappa shape index (κ2) is 8.00. The van der Waals surface area contributed by atoms with E-state index in [2.05, 4.69) is 29.1 Å². The van der Waals surface area contributed by atoms with Crippen LogP contribution in [0, 0.1) is 6.92 Å². The van der Waals surface area contributed by atoms with Crippen molar-refractivity contribution in [1.82, 2.24) is 14.5 Å². The third-order valence-corrected chi connectivity index (χ3v) is 5.32. The Morgan fingerprint density at radius 1 is 1.30 bits per heavy atom. The number of benzene rings is 1. The fraction of sp³-hybridized carbons (Fsp3) is 0.350. The highest BCUT2D eigenvalue weighted by Crippen LogP contribution is 2.20. The number of carbonyl (C=O) groups is 1. The summed E-state index contributed by atoms with van der Waals surface area (Å²) in [6.45, 7) is 8.55. The summed E-state index contributed by atoms with van der Waals surface area (Å²) in [5.41, 5.74) is 3.92. The van der Waals surface area contributed by atoms with Gasteiger partial charge < -0.3 is 10.3 Å². The summed E-state index contributed by atoms with van der Waals surface area (Å²) in [6.07, 6.45) is 0. The fourth-order valence-corrected chi connectivity index (χ4v) is 3.74. The van der Waals surface area contributed by atoms with Crippen LogP contribution in [0.25, 0.3) is 11.0 Å². The first kappa shape index (κ1) is 19.2. The predicted octanol–water partition coefficient (Wildman–Crippen LogP) is 3.91. The van der Waals surface area contributed by atoms with Crippen molar-refractivity contribution in [2.45, 2.75) is 45.3 Å². The number of aryl methyl sites for hydroxylation is 1. The van der Waals surface area contributed by atoms with E-state index in [9.17, 15) is 9.59 Å². The Balaban J connectivity index is 1.72. The van der Waals surface area contributed by atoms with Crippen molar-refractivity contribution in [2.75, 3.05) is 11.1 Å². The number of nitrogens with one attached hydrogen (secondary N) is 2. The van der Waals surface area contributed by atoms with Gasteiger partial charge in [-0.1, -0.05) is 37.7 Å². The molecule has 1 amide bonds. The van der Waals surface area contributed by atoms with Gasteiger partial charge in [0.2, 0.25) is 5.91 Å². The highest BCUT2D eigenvalue weighted by Gasteiger charge is 2.14. The SMILES string of the molecule is CCn1c(SCC(=O)Nc2ccc(C(C)C)cc2)nc2cc(C)[nH]c2c1=O. The third-order valence-electron chi connectivity index (χ3n) is 4.35. The summed E-state index contributed by atoms with van der Waals surface area (Å²) >= 11 is 1.27. The Morgan fingerprint density at radius 3 is 2.63 bits per heavy atom. The molecule has 0 bridgehead atoms. The summed E-state index contributed by atoms with van der Waals surface area (Å²) in [5, 5.41) is 3.45. The first-order valence-corrected chi connectivity index (χ1v) is 10.0. The topological polar surface area (TPSA) is 79.8 Å². The Labute approximate surface area is 162 Å². The maximum atomic E-state index is 12.6. The molecule has 0 saturated carbocycles. The molecular formula is C20H24N4O2S. The van der Waals surface area contributed by atoms with Crippen molar-refractivity contribution < 1.29 is 4.79 Å². The van der Waals surface area contributed by atoms with Crippen LogP contribution in [0.3, 0.4) is 0 Å². The first-order chi connectivity index (χ1) is 12.9. The van der Waals surface area contributed by atoms with Crippen LogP contribution in [0.4, 0.5) is 5.69 Å². The van der Waals surface area contributed by atoms with Crippen LogP contribution in [0.2, 0.25) is 0 Å². The standard InChI is InChI=1S/C20H24N4O2S/c1-5-24-19(26)18-16(10-13(4)21-18)23-20(24)27-11-17(25)22-15-8-6-14(7-9-15)12(2)3/h6-10,12,21H,5,11H2,1-4H3,(H,22,25). The quantitative estimate of drug-likeness (QED) is 0.499. The van der Waals surface area contributed by atoms with Gasteiger partial charge in [0.15, 0.2) is 5.16 Å². The summed E-state index contributed by atoms with van der Waals surface area (Å²) < 4.78 is 1.59. The lowest BCUT2D eigenvalue weighted by Gasteiger charge is -2.10. The van der Waals surface area contributed by atoms with Crippen molar-refractivity contribution >= 4 is 34.4 Å². The van der Waals surface area contributed by atoms with Crippen molar-refractivity contribution in [1.29, 1.82) is 0 Å². The molecule has 0 fully saturated rings. The second-order valence-corrected chi connectivity index (χ2v) is 7.71. The molecule has 6 nitrogen and oxygen atoms in total. The molecule has 2 aromatic heterocycles. The smallest absolute Gasteiger partial charge is 0.278 e. The molecule has 0 spiro atoms. The zero-order valence-corrected chi connectivity index (χ0v) is 16.8. The number of fused-ring (bicyclic) bond motifs is 1. The van der Waals surface area contributed by atoms with Crippen molar-refractivity contribution in [3.05, 3.63) is 51.9 Å². The molecule has 1 aromatic carbocycles. The predicted molar refractivity (Wildman–Crippen MR) is 111 cm³/mol. The molecule has 27 heavy (non-hydrogen) atoms. The summed E-state index contributed by atoms with van der Waals surface area (Å²) in [7, 11) is 0. The summed E-state index contributed by atoms with van der Waals surface area (Å²) in [4.78, 5) is 32.5. The van der Waals surface area contributed by atoms with Crippen molar-refractivity contribution in [3.8, 4) is 0 Å². The van der Waals surface area contributed by atoms with E-state index in [1.54, 1.807) is 4.57 Å². The van der Waals surface area contributed by atoms with E-state index in [0.29, 0.717) is 28.7 Å². The molecule has 142 valence electrons. The number of carbonyl (C=O) groups excluding carboxylic acids is 1. The van der Waals surface area contributed by atoms with Gasteiger partial charge >= 0.3 is 0 Å². The fourth-order valence-electron chi connectivity index (χ4n) is 2.88.